The van der Waals surface area contributed by atoms with Gasteiger partial charge in [0.05, 0.1) is 24.9 Å². The molecule has 7 heteroatoms. The number of hydrogen-bond donors (Lipinski definition) is 0. The largest absolute Gasteiger partial charge is 0.466 e. The van der Waals surface area contributed by atoms with Crippen LogP contribution < -0.4 is 4.90 Å². The molecular weight excluding hydrogens is 550 g/mol. The van der Waals surface area contributed by atoms with E-state index < -0.39 is 17.3 Å². The molecule has 2 amide bonds. The Morgan fingerprint density at radius 2 is 1.48 bits per heavy atom. The second-order valence-electron chi connectivity index (χ2n) is 11.4. The quantitative estimate of drug-likeness (QED) is 0.255. The van der Waals surface area contributed by atoms with Crippen molar-refractivity contribution in [2.75, 3.05) is 12.0 Å². The number of anilines is 1. The number of carbonyl (C=O) groups excluding carboxylic acids is 3. The molecule has 44 heavy (non-hydrogen) atoms. The van der Waals surface area contributed by atoms with Crippen LogP contribution in [-0.2, 0) is 26.3 Å². The molecule has 6 rings (SSSR count). The van der Waals surface area contributed by atoms with Crippen LogP contribution in [0.4, 0.5) is 5.69 Å². The Morgan fingerprint density at radius 3 is 2.14 bits per heavy atom. The molecule has 1 spiro atoms. The van der Waals surface area contributed by atoms with E-state index in [1.165, 1.54) is 18.3 Å². The summed E-state index contributed by atoms with van der Waals surface area (Å²) in [7, 11) is 1.29. The molecule has 0 saturated heterocycles. The molecule has 220 valence electrons. The van der Waals surface area contributed by atoms with E-state index in [0.29, 0.717) is 29.1 Å². The molecular formula is C37H33N3O4. The number of nitrogens with zero attached hydrogens (tertiary/aromatic N) is 3. The van der Waals surface area contributed by atoms with E-state index in [1.807, 2.05) is 106 Å². The average Bonchev–Trinajstić information content (AvgIpc) is 3.15. The lowest BCUT2D eigenvalue weighted by molar-refractivity contribution is -0.138. The van der Waals surface area contributed by atoms with Gasteiger partial charge in [0, 0.05) is 23.9 Å². The maximum Gasteiger partial charge on any atom is 0.336 e. The Hall–Kier alpha value is -5.30. The number of carbonyl (C=O) groups is 3. The fourth-order valence-corrected chi connectivity index (χ4v) is 5.98. The molecule has 0 saturated carbocycles. The molecule has 1 unspecified atom stereocenters. The number of aryl methyl sites for hydroxylation is 3. The Kier molecular flexibility index (Phi) is 7.47. The van der Waals surface area contributed by atoms with Crippen molar-refractivity contribution in [2.24, 2.45) is 5.10 Å². The van der Waals surface area contributed by atoms with Crippen molar-refractivity contribution in [1.29, 1.82) is 0 Å². The molecule has 2 heterocycles. The highest BCUT2D eigenvalue weighted by Gasteiger charge is 2.57. The number of amides is 2. The minimum absolute atomic E-state index is 0.0508. The maximum atomic E-state index is 15.0. The van der Waals surface area contributed by atoms with Gasteiger partial charge in [0.1, 0.15) is 5.41 Å². The number of rotatable bonds is 5. The van der Waals surface area contributed by atoms with Crippen molar-refractivity contribution >= 4 is 29.2 Å². The van der Waals surface area contributed by atoms with Gasteiger partial charge in [-0.05, 0) is 55.7 Å². The van der Waals surface area contributed by atoms with Crippen LogP contribution in [-0.4, -0.2) is 35.6 Å². The van der Waals surface area contributed by atoms with Gasteiger partial charge < -0.3 is 9.64 Å². The summed E-state index contributed by atoms with van der Waals surface area (Å²) in [5, 5.41) is 6.03. The molecule has 0 radical (unpaired) electrons. The van der Waals surface area contributed by atoms with Crippen LogP contribution >= 0.6 is 0 Å². The Balaban J connectivity index is 1.60. The first-order valence-corrected chi connectivity index (χ1v) is 14.5. The van der Waals surface area contributed by atoms with Crippen LogP contribution in [0.5, 0.6) is 0 Å². The molecule has 0 aromatic heterocycles. The number of esters is 1. The number of ether oxygens (including phenoxy) is 1. The van der Waals surface area contributed by atoms with Crippen molar-refractivity contribution < 1.29 is 19.1 Å². The van der Waals surface area contributed by atoms with Crippen LogP contribution in [0.1, 0.15) is 50.2 Å². The van der Waals surface area contributed by atoms with E-state index >= 15 is 0 Å². The van der Waals surface area contributed by atoms with Gasteiger partial charge >= 0.3 is 5.97 Å². The molecule has 7 nitrogen and oxygen atoms in total. The first-order chi connectivity index (χ1) is 21.2. The van der Waals surface area contributed by atoms with Crippen molar-refractivity contribution in [3.8, 4) is 0 Å². The fourth-order valence-electron chi connectivity index (χ4n) is 5.98. The smallest absolute Gasteiger partial charge is 0.336 e. The van der Waals surface area contributed by atoms with Gasteiger partial charge in [-0.25, -0.2) is 9.80 Å². The highest BCUT2D eigenvalue weighted by Crippen LogP contribution is 2.51. The van der Waals surface area contributed by atoms with E-state index in [0.717, 1.165) is 27.8 Å². The molecule has 4 aromatic rings. The van der Waals surface area contributed by atoms with Crippen molar-refractivity contribution in [1.82, 2.24) is 5.01 Å². The van der Waals surface area contributed by atoms with E-state index in [2.05, 4.69) is 0 Å². The fraction of sp³-hybridized carbons (Fsp3) is 0.189. The molecule has 0 bridgehead atoms. The number of hydrogen-bond acceptors (Lipinski definition) is 5. The van der Waals surface area contributed by atoms with Gasteiger partial charge in [-0.15, -0.1) is 0 Å². The minimum atomic E-state index is -1.49. The summed E-state index contributed by atoms with van der Waals surface area (Å²) in [6, 6.07) is 30.5. The zero-order valence-corrected chi connectivity index (χ0v) is 25.2. The van der Waals surface area contributed by atoms with Gasteiger partial charge in [0.2, 0.25) is 5.91 Å². The summed E-state index contributed by atoms with van der Waals surface area (Å²) < 4.78 is 5.32. The monoisotopic (exact) mass is 583 g/mol. The van der Waals surface area contributed by atoms with Gasteiger partial charge in [-0.1, -0.05) is 95.6 Å². The summed E-state index contributed by atoms with van der Waals surface area (Å²) in [6.45, 7) is 6.21. The molecule has 0 aliphatic carbocycles. The third-order valence-electron chi connectivity index (χ3n) is 8.37. The summed E-state index contributed by atoms with van der Waals surface area (Å²) in [5.41, 5.74) is 5.56. The van der Waals surface area contributed by atoms with Crippen molar-refractivity contribution in [3.63, 3.8) is 0 Å². The third kappa shape index (κ3) is 5.00. The van der Waals surface area contributed by atoms with E-state index in [1.54, 1.807) is 17.0 Å². The summed E-state index contributed by atoms with van der Waals surface area (Å²) in [6.07, 6.45) is 1.44. The lowest BCUT2D eigenvalue weighted by Crippen LogP contribution is -2.45. The molecule has 0 fully saturated rings. The zero-order chi connectivity index (χ0) is 31.0. The Bertz CT molecular complexity index is 1830. The highest BCUT2D eigenvalue weighted by atomic mass is 16.5. The van der Waals surface area contributed by atoms with E-state index in [4.69, 9.17) is 9.84 Å². The topological polar surface area (TPSA) is 79.3 Å². The summed E-state index contributed by atoms with van der Waals surface area (Å²) in [5.74, 6) is -1.40. The summed E-state index contributed by atoms with van der Waals surface area (Å²) >= 11 is 0. The minimum Gasteiger partial charge on any atom is -0.466 e. The predicted molar refractivity (Wildman–Crippen MR) is 170 cm³/mol. The van der Waals surface area contributed by atoms with Crippen molar-refractivity contribution in [3.05, 3.63) is 148 Å². The molecule has 0 N–H and O–H groups in total. The Labute approximate surface area is 257 Å². The van der Waals surface area contributed by atoms with Crippen LogP contribution in [0, 0.1) is 20.8 Å². The first kappa shape index (κ1) is 28.8. The predicted octanol–water partition coefficient (Wildman–Crippen LogP) is 6.40. The summed E-state index contributed by atoms with van der Waals surface area (Å²) in [4.78, 5) is 44.4. The van der Waals surface area contributed by atoms with Gasteiger partial charge in [-0.2, -0.15) is 5.10 Å². The van der Waals surface area contributed by atoms with Crippen LogP contribution in [0.2, 0.25) is 0 Å². The third-order valence-corrected chi connectivity index (χ3v) is 8.37. The SMILES string of the molecule is COC(=O)C1=CN(C(=O)c2ccc(C)cc2)N=C(c2ccc(C)cc2)CC12C(=O)N(Cc1ccccc1)c1ccc(C)cc12. The standard InChI is InChI=1S/C37H33N3O4/c1-24-10-15-28(16-11-24)32-21-37(31(35(42)44-4)23-40(38-32)34(41)29-17-12-25(2)13-18-29)30-20-26(3)14-19-33(30)39(36(37)43)22-27-8-6-5-7-9-27/h5-20,23H,21-22H2,1-4H3. The van der Waals surface area contributed by atoms with Gasteiger partial charge in [-0.3, -0.25) is 9.59 Å². The molecule has 2 aliphatic heterocycles. The average molecular weight is 584 g/mol. The van der Waals surface area contributed by atoms with E-state index in [-0.39, 0.29) is 17.9 Å². The normalized spacial score (nSPS) is 17.6. The highest BCUT2D eigenvalue weighted by molar-refractivity contribution is 6.19. The van der Waals surface area contributed by atoms with Crippen LogP contribution in [0.15, 0.2) is 114 Å². The Morgan fingerprint density at radius 1 is 0.841 bits per heavy atom. The molecule has 1 atom stereocenters. The second-order valence-corrected chi connectivity index (χ2v) is 11.4. The number of methoxy groups -OCH3 is 1. The first-order valence-electron chi connectivity index (χ1n) is 14.5. The molecule has 2 aliphatic rings. The zero-order valence-electron chi connectivity index (χ0n) is 25.2. The second kappa shape index (κ2) is 11.4. The number of hydrazone groups is 1. The van der Waals surface area contributed by atoms with Crippen LogP contribution in [0.25, 0.3) is 0 Å². The maximum absolute atomic E-state index is 15.0. The van der Waals surface area contributed by atoms with Gasteiger partial charge in [0.15, 0.2) is 0 Å². The lowest BCUT2D eigenvalue weighted by atomic mass is 9.70. The van der Waals surface area contributed by atoms with Crippen LogP contribution in [0.3, 0.4) is 0 Å². The number of benzene rings is 4. The lowest BCUT2D eigenvalue weighted by Gasteiger charge is -2.29. The number of fused-ring (bicyclic) bond motifs is 2. The van der Waals surface area contributed by atoms with E-state index in [9.17, 15) is 14.4 Å². The van der Waals surface area contributed by atoms with Crippen molar-refractivity contribution in [2.45, 2.75) is 39.2 Å². The molecule has 4 aromatic carbocycles. The van der Waals surface area contributed by atoms with Gasteiger partial charge in [0.25, 0.3) is 5.91 Å².